The van der Waals surface area contributed by atoms with Gasteiger partial charge in [0, 0.05) is 55.3 Å². The summed E-state index contributed by atoms with van der Waals surface area (Å²) in [5.74, 6) is 3.76. The van der Waals surface area contributed by atoms with Crippen LogP contribution in [-0.2, 0) is 0 Å². The van der Waals surface area contributed by atoms with Gasteiger partial charge in [-0.05, 0) is 61.7 Å². The summed E-state index contributed by atoms with van der Waals surface area (Å²) in [5, 5.41) is 6.17. The molecule has 2 aromatic carbocycles. The van der Waals surface area contributed by atoms with Crippen molar-refractivity contribution in [1.29, 1.82) is 0 Å². The number of hydrogen-bond acceptors (Lipinski definition) is 7. The van der Waals surface area contributed by atoms with E-state index in [9.17, 15) is 0 Å². The molecule has 2 saturated heterocycles. The summed E-state index contributed by atoms with van der Waals surface area (Å²) in [6, 6.07) is 17.2. The van der Waals surface area contributed by atoms with Gasteiger partial charge in [0.2, 0.25) is 5.52 Å². The zero-order valence-electron chi connectivity index (χ0n) is 25.4. The Labute approximate surface area is 254 Å². The lowest BCUT2D eigenvalue weighted by Crippen LogP contribution is -2.64. The van der Waals surface area contributed by atoms with E-state index in [4.69, 9.17) is 19.4 Å². The normalized spacial score (nSPS) is 20.9. The molecule has 3 aliphatic rings. The van der Waals surface area contributed by atoms with Crippen LogP contribution in [0.3, 0.4) is 0 Å². The molecule has 1 aliphatic carbocycles. The smallest absolute Gasteiger partial charge is 0.323 e. The molecule has 4 heterocycles. The van der Waals surface area contributed by atoms with Gasteiger partial charge in [-0.2, -0.15) is 0 Å². The van der Waals surface area contributed by atoms with Crippen molar-refractivity contribution in [2.75, 3.05) is 55.5 Å². The van der Waals surface area contributed by atoms with Crippen LogP contribution in [0.2, 0.25) is 0 Å². The fraction of sp³-hybridized carbons (Fsp3) is 0.457. The third-order valence-electron chi connectivity index (χ3n) is 9.49. The predicted octanol–water partition coefficient (Wildman–Crippen LogP) is 5.45. The first-order chi connectivity index (χ1) is 21.2. The fourth-order valence-corrected chi connectivity index (χ4v) is 7.25. The second-order valence-electron chi connectivity index (χ2n) is 12.2. The van der Waals surface area contributed by atoms with E-state index >= 15 is 0 Å². The second kappa shape index (κ2) is 12.3. The Hall–Kier alpha value is -4.07. The Bertz CT molecular complexity index is 1630. The molecule has 0 bridgehead atoms. The standard InChI is InChI=1S/C35H42N6O2/c1-42-30-15-9-12-25-28(40-17-5-6-18-40)21-32(38-34(25)30)36-23-24-11-3-4-14-27(24)37-33-22-29(41-19-7-8-20-41)26-13-10-16-31(43-2)35(26)39-33/h9-10,12-13,15-16,21-24,27H,3-8,11,14,17-20H2,1-2H3,(H,37,39)/p+1/t24?,27-/m0/s1. The van der Waals surface area contributed by atoms with Crippen molar-refractivity contribution in [2.24, 2.45) is 5.92 Å². The quantitative estimate of drug-likeness (QED) is 0.269. The average molecular weight is 580 g/mol. The van der Waals surface area contributed by atoms with E-state index in [1.807, 2.05) is 12.1 Å². The number of pyridine rings is 2. The van der Waals surface area contributed by atoms with Gasteiger partial charge in [-0.25, -0.2) is 9.98 Å². The van der Waals surface area contributed by atoms with Crippen molar-refractivity contribution in [3.63, 3.8) is 0 Å². The number of anilines is 3. The molecule has 1 saturated carbocycles. The Morgan fingerprint density at radius 1 is 0.744 bits per heavy atom. The topological polar surface area (TPSA) is 76.7 Å². The molecule has 2 aliphatic heterocycles. The van der Waals surface area contributed by atoms with Gasteiger partial charge in [-0.3, -0.25) is 0 Å². The average Bonchev–Trinajstić information content (AvgIpc) is 3.79. The van der Waals surface area contributed by atoms with Crippen LogP contribution >= 0.6 is 0 Å². The van der Waals surface area contributed by atoms with E-state index in [2.05, 4.69) is 62.7 Å². The SMILES string of the molecule is COc1cccc2c(N3CCCC3)cc(N[C@H]3CCCCC3C=[NH+]c3cc(N4CCCC4)c4cccc(OC)c4n3)nc12. The first-order valence-electron chi connectivity index (χ1n) is 16.0. The molecule has 0 radical (unpaired) electrons. The van der Waals surface area contributed by atoms with Crippen molar-refractivity contribution in [3.05, 3.63) is 48.5 Å². The number of nitrogens with zero attached hydrogens (tertiary/aromatic N) is 4. The van der Waals surface area contributed by atoms with Crippen LogP contribution in [0.4, 0.5) is 23.0 Å². The first-order valence-corrected chi connectivity index (χ1v) is 16.0. The lowest BCUT2D eigenvalue weighted by molar-refractivity contribution is -0.356. The Morgan fingerprint density at radius 2 is 1.33 bits per heavy atom. The highest BCUT2D eigenvalue weighted by Gasteiger charge is 2.27. The largest absolute Gasteiger partial charge is 0.494 e. The molecule has 224 valence electrons. The summed E-state index contributed by atoms with van der Waals surface area (Å²) in [6.07, 6.45) is 11.8. The maximum atomic E-state index is 5.75. The predicted molar refractivity (Wildman–Crippen MR) is 176 cm³/mol. The number of fused-ring (bicyclic) bond motifs is 2. The summed E-state index contributed by atoms with van der Waals surface area (Å²) in [6.45, 7) is 4.33. The minimum absolute atomic E-state index is 0.278. The molecular weight excluding hydrogens is 536 g/mol. The Kier molecular flexibility index (Phi) is 7.92. The van der Waals surface area contributed by atoms with Crippen LogP contribution in [0.5, 0.6) is 11.5 Å². The number of nitrogens with one attached hydrogen (secondary N) is 2. The van der Waals surface area contributed by atoms with E-state index in [1.165, 1.54) is 49.9 Å². The highest BCUT2D eigenvalue weighted by atomic mass is 16.5. The highest BCUT2D eigenvalue weighted by Crippen LogP contribution is 2.37. The van der Waals surface area contributed by atoms with Crippen LogP contribution in [-0.4, -0.2) is 62.6 Å². The van der Waals surface area contributed by atoms with Crippen LogP contribution in [0, 0.1) is 5.92 Å². The monoisotopic (exact) mass is 579 g/mol. The van der Waals surface area contributed by atoms with Gasteiger partial charge in [0.1, 0.15) is 17.1 Å². The van der Waals surface area contributed by atoms with Gasteiger partial charge in [0.05, 0.1) is 37.6 Å². The molecule has 0 amide bonds. The maximum absolute atomic E-state index is 5.75. The van der Waals surface area contributed by atoms with Crippen LogP contribution in [0.25, 0.3) is 21.8 Å². The van der Waals surface area contributed by atoms with Gasteiger partial charge in [0.25, 0.3) is 0 Å². The number of ether oxygens (including phenoxy) is 2. The second-order valence-corrected chi connectivity index (χ2v) is 12.2. The number of benzene rings is 2. The van der Waals surface area contributed by atoms with Crippen LogP contribution in [0.1, 0.15) is 51.4 Å². The van der Waals surface area contributed by atoms with E-state index in [-0.39, 0.29) is 6.04 Å². The lowest BCUT2D eigenvalue weighted by Gasteiger charge is -2.30. The molecule has 0 spiro atoms. The van der Waals surface area contributed by atoms with Gasteiger partial charge >= 0.3 is 5.82 Å². The number of rotatable bonds is 8. The summed E-state index contributed by atoms with van der Waals surface area (Å²) in [7, 11) is 3.46. The molecule has 1 unspecified atom stereocenters. The number of aromatic nitrogens is 2. The highest BCUT2D eigenvalue weighted by molar-refractivity contribution is 5.97. The van der Waals surface area contributed by atoms with E-state index in [0.717, 1.165) is 84.0 Å². The van der Waals surface area contributed by atoms with E-state index in [1.54, 1.807) is 14.2 Å². The van der Waals surface area contributed by atoms with Crippen molar-refractivity contribution < 1.29 is 14.5 Å². The minimum atomic E-state index is 0.278. The van der Waals surface area contributed by atoms with Gasteiger partial charge < -0.3 is 24.6 Å². The maximum Gasteiger partial charge on any atom is 0.323 e. The van der Waals surface area contributed by atoms with E-state index < -0.39 is 0 Å². The van der Waals surface area contributed by atoms with Crippen molar-refractivity contribution in [1.82, 2.24) is 9.97 Å². The van der Waals surface area contributed by atoms with Crippen molar-refractivity contribution >= 4 is 51.0 Å². The summed E-state index contributed by atoms with van der Waals surface area (Å²) < 4.78 is 11.5. The minimum Gasteiger partial charge on any atom is -0.494 e. The number of para-hydroxylation sites is 2. The lowest BCUT2D eigenvalue weighted by atomic mass is 9.85. The molecule has 2 atom stereocenters. The molecule has 4 aromatic rings. The summed E-state index contributed by atoms with van der Waals surface area (Å²) in [5.41, 5.74) is 4.32. The number of hydrogen-bond donors (Lipinski definition) is 2. The zero-order chi connectivity index (χ0) is 29.2. The Morgan fingerprint density at radius 3 is 1.95 bits per heavy atom. The molecular formula is C35H43N6O2+. The third kappa shape index (κ3) is 5.55. The molecule has 2 aromatic heterocycles. The fourth-order valence-electron chi connectivity index (χ4n) is 7.25. The molecule has 8 nitrogen and oxygen atoms in total. The molecule has 8 heteroatoms. The van der Waals surface area contributed by atoms with Gasteiger partial charge in [-0.1, -0.05) is 31.0 Å². The molecule has 3 fully saturated rings. The van der Waals surface area contributed by atoms with Gasteiger partial charge in [-0.15, -0.1) is 0 Å². The van der Waals surface area contributed by atoms with Crippen LogP contribution < -0.4 is 29.6 Å². The summed E-state index contributed by atoms with van der Waals surface area (Å²) >= 11 is 0. The molecule has 2 N–H and O–H groups in total. The van der Waals surface area contributed by atoms with Gasteiger partial charge in [0.15, 0.2) is 5.75 Å². The third-order valence-corrected chi connectivity index (χ3v) is 9.49. The van der Waals surface area contributed by atoms with Crippen molar-refractivity contribution in [2.45, 2.75) is 57.4 Å². The molecule has 43 heavy (non-hydrogen) atoms. The van der Waals surface area contributed by atoms with E-state index in [0.29, 0.717) is 5.92 Å². The van der Waals surface area contributed by atoms with Crippen LogP contribution in [0.15, 0.2) is 48.5 Å². The number of methoxy groups -OCH3 is 2. The first kappa shape index (κ1) is 27.7. The zero-order valence-corrected chi connectivity index (χ0v) is 25.4. The van der Waals surface area contributed by atoms with Crippen molar-refractivity contribution in [3.8, 4) is 11.5 Å². The molecule has 7 rings (SSSR count). The Balaban J connectivity index is 1.20. The summed E-state index contributed by atoms with van der Waals surface area (Å²) in [4.78, 5) is 18.8.